The number of aryl methyl sites for hydroxylation is 1. The minimum absolute atomic E-state index is 0.0491. The first-order chi connectivity index (χ1) is 13.2. The van der Waals surface area contributed by atoms with Gasteiger partial charge in [-0.25, -0.2) is 9.97 Å². The molecule has 2 heterocycles. The van der Waals surface area contributed by atoms with Gasteiger partial charge in [0.2, 0.25) is 0 Å². The van der Waals surface area contributed by atoms with Gasteiger partial charge in [0, 0.05) is 29.7 Å². The van der Waals surface area contributed by atoms with Crippen LogP contribution in [0.4, 0.5) is 10.9 Å². The fraction of sp³-hybridized carbons (Fsp3) is 0.211. The summed E-state index contributed by atoms with van der Waals surface area (Å²) in [5.74, 6) is 0.714. The number of hydrogen-bond acceptors (Lipinski definition) is 7. The van der Waals surface area contributed by atoms with E-state index in [1.807, 2.05) is 56.6 Å². The van der Waals surface area contributed by atoms with E-state index in [0.717, 1.165) is 32.2 Å². The molecule has 0 aliphatic rings. The largest absolute Gasteiger partial charge is 0.351 e. The van der Waals surface area contributed by atoms with Gasteiger partial charge in [0.05, 0.1) is 10.4 Å². The number of carbonyl (C=O) groups excluding carboxylic acids is 1. The molecule has 0 fully saturated rings. The fourth-order valence-corrected chi connectivity index (χ4v) is 4.23. The molecule has 0 bridgehead atoms. The quantitative estimate of drug-likeness (QED) is 0.502. The second-order valence-corrected chi connectivity index (χ2v) is 8.17. The van der Waals surface area contributed by atoms with Crippen LogP contribution in [0.15, 0.2) is 57.9 Å². The van der Waals surface area contributed by atoms with Crippen molar-refractivity contribution < 1.29 is 4.79 Å². The summed E-state index contributed by atoms with van der Waals surface area (Å²) < 4.78 is 1.04. The molecule has 0 aliphatic heterocycles. The summed E-state index contributed by atoms with van der Waals surface area (Å²) in [7, 11) is 1.86. The minimum atomic E-state index is -0.0491. The Hall–Kier alpha value is -2.42. The van der Waals surface area contributed by atoms with Crippen LogP contribution in [0.25, 0.3) is 0 Å². The van der Waals surface area contributed by atoms with Gasteiger partial charge >= 0.3 is 0 Å². The van der Waals surface area contributed by atoms with E-state index in [4.69, 9.17) is 0 Å². The van der Waals surface area contributed by atoms with Crippen molar-refractivity contribution in [2.24, 2.45) is 0 Å². The molecule has 0 radical (unpaired) electrons. The molecule has 0 aliphatic carbocycles. The summed E-state index contributed by atoms with van der Waals surface area (Å²) in [6.07, 6.45) is 3.56. The van der Waals surface area contributed by atoms with Gasteiger partial charge in [-0.2, -0.15) is 0 Å². The van der Waals surface area contributed by atoms with Crippen molar-refractivity contribution in [3.05, 3.63) is 59.9 Å². The van der Waals surface area contributed by atoms with Crippen molar-refractivity contribution >= 4 is 40.0 Å². The van der Waals surface area contributed by atoms with Gasteiger partial charge in [-0.3, -0.25) is 4.79 Å². The van der Waals surface area contributed by atoms with Gasteiger partial charge in [0.15, 0.2) is 5.13 Å². The Morgan fingerprint density at radius 2 is 2.07 bits per heavy atom. The molecule has 2 aromatic heterocycles. The first-order valence-electron chi connectivity index (χ1n) is 8.51. The van der Waals surface area contributed by atoms with Crippen LogP contribution in [0, 0.1) is 6.92 Å². The monoisotopic (exact) mass is 399 g/mol. The van der Waals surface area contributed by atoms with E-state index in [9.17, 15) is 4.79 Å². The normalized spacial score (nSPS) is 10.6. The van der Waals surface area contributed by atoms with Gasteiger partial charge in [0.25, 0.3) is 5.91 Å². The Bertz CT molecular complexity index is 898. The number of anilines is 2. The predicted molar refractivity (Wildman–Crippen MR) is 111 cm³/mol. The zero-order valence-corrected chi connectivity index (χ0v) is 16.8. The average Bonchev–Trinajstić information content (AvgIpc) is 3.11. The molecule has 6 nitrogen and oxygen atoms in total. The van der Waals surface area contributed by atoms with Crippen molar-refractivity contribution in [1.29, 1.82) is 0 Å². The molecule has 3 rings (SSSR count). The van der Waals surface area contributed by atoms with E-state index in [-0.39, 0.29) is 5.91 Å². The lowest BCUT2D eigenvalue weighted by molar-refractivity contribution is 0.0953. The van der Waals surface area contributed by atoms with Crippen molar-refractivity contribution in [2.45, 2.75) is 16.0 Å². The number of pyridine rings is 1. The number of nitrogens with zero attached hydrogens (tertiary/aromatic N) is 2. The Labute approximate surface area is 166 Å². The summed E-state index contributed by atoms with van der Waals surface area (Å²) in [6, 6.07) is 11.6. The summed E-state index contributed by atoms with van der Waals surface area (Å²) >= 11 is 3.14. The lowest BCUT2D eigenvalue weighted by Crippen LogP contribution is -2.30. The highest BCUT2D eigenvalue weighted by Gasteiger charge is 2.11. The second kappa shape index (κ2) is 9.50. The smallest absolute Gasteiger partial charge is 0.251 e. The molecule has 140 valence electrons. The van der Waals surface area contributed by atoms with Gasteiger partial charge < -0.3 is 16.0 Å². The SMILES string of the molecule is CNCCNC(=O)c1cc(Sc2cnc(Nc3ccccn3)s2)ccc1C. The van der Waals surface area contributed by atoms with Crippen LogP contribution in [0.3, 0.4) is 0 Å². The molecule has 0 unspecified atom stereocenters. The maximum atomic E-state index is 12.4. The van der Waals surface area contributed by atoms with Crippen LogP contribution >= 0.6 is 23.1 Å². The van der Waals surface area contributed by atoms with E-state index < -0.39 is 0 Å². The van der Waals surface area contributed by atoms with E-state index >= 15 is 0 Å². The number of aromatic nitrogens is 2. The Morgan fingerprint density at radius 1 is 1.19 bits per heavy atom. The molecule has 0 saturated carbocycles. The number of thiazole rings is 1. The van der Waals surface area contributed by atoms with Gasteiger partial charge in [-0.05, 0) is 43.8 Å². The van der Waals surface area contributed by atoms with Gasteiger partial charge in [-0.15, -0.1) is 0 Å². The zero-order valence-electron chi connectivity index (χ0n) is 15.2. The maximum absolute atomic E-state index is 12.4. The summed E-state index contributed by atoms with van der Waals surface area (Å²) in [4.78, 5) is 22.0. The second-order valence-electron chi connectivity index (χ2n) is 5.76. The van der Waals surface area contributed by atoms with Crippen molar-refractivity contribution in [2.75, 3.05) is 25.5 Å². The van der Waals surface area contributed by atoms with Crippen LogP contribution in [-0.4, -0.2) is 36.0 Å². The third-order valence-electron chi connectivity index (χ3n) is 3.72. The summed E-state index contributed by atoms with van der Waals surface area (Å²) in [5, 5.41) is 9.92. The van der Waals surface area contributed by atoms with Crippen LogP contribution < -0.4 is 16.0 Å². The highest BCUT2D eigenvalue weighted by atomic mass is 32.2. The molecule has 0 atom stereocenters. The number of carbonyl (C=O) groups is 1. The predicted octanol–water partition coefficient (Wildman–Crippen LogP) is 3.69. The third kappa shape index (κ3) is 5.53. The van der Waals surface area contributed by atoms with Crippen molar-refractivity contribution in [1.82, 2.24) is 20.6 Å². The van der Waals surface area contributed by atoms with Crippen molar-refractivity contribution in [3.8, 4) is 0 Å². The Balaban J connectivity index is 1.67. The van der Waals surface area contributed by atoms with Gasteiger partial charge in [-0.1, -0.05) is 35.2 Å². The average molecular weight is 400 g/mol. The molecule has 0 saturated heterocycles. The molecule has 3 N–H and O–H groups in total. The van der Waals surface area contributed by atoms with E-state index in [1.54, 1.807) is 29.3 Å². The van der Waals surface area contributed by atoms with Crippen LogP contribution in [-0.2, 0) is 0 Å². The summed E-state index contributed by atoms with van der Waals surface area (Å²) in [5.41, 5.74) is 1.66. The Kier molecular flexibility index (Phi) is 6.80. The number of likely N-dealkylation sites (N-methyl/N-ethyl adjacent to an activating group) is 1. The van der Waals surface area contributed by atoms with Crippen LogP contribution in [0.2, 0.25) is 0 Å². The zero-order chi connectivity index (χ0) is 19.1. The molecule has 1 amide bonds. The molecular formula is C19H21N5OS2. The Morgan fingerprint density at radius 3 is 2.85 bits per heavy atom. The number of hydrogen-bond donors (Lipinski definition) is 3. The van der Waals surface area contributed by atoms with Crippen LogP contribution in [0.5, 0.6) is 0 Å². The number of benzene rings is 1. The highest BCUT2D eigenvalue weighted by molar-refractivity contribution is 8.01. The van der Waals surface area contributed by atoms with Crippen LogP contribution in [0.1, 0.15) is 15.9 Å². The first-order valence-corrected chi connectivity index (χ1v) is 10.1. The molecule has 3 aromatic rings. The fourth-order valence-electron chi connectivity index (χ4n) is 2.33. The highest BCUT2D eigenvalue weighted by Crippen LogP contribution is 2.35. The van der Waals surface area contributed by atoms with E-state index in [1.165, 1.54) is 0 Å². The standard InChI is InChI=1S/C19H21N5OS2/c1-13-6-7-14(11-15(13)18(25)22-10-9-20-2)26-17-12-23-19(27-17)24-16-5-3-4-8-21-16/h3-8,11-12,20H,9-10H2,1-2H3,(H,22,25)(H,21,23,24). The first kappa shape index (κ1) is 19.3. The lowest BCUT2D eigenvalue weighted by atomic mass is 10.1. The summed E-state index contributed by atoms with van der Waals surface area (Å²) in [6.45, 7) is 3.29. The molecular weight excluding hydrogens is 378 g/mol. The number of rotatable bonds is 8. The molecule has 0 spiro atoms. The maximum Gasteiger partial charge on any atom is 0.251 e. The third-order valence-corrected chi connectivity index (χ3v) is 5.72. The van der Waals surface area contributed by atoms with E-state index in [0.29, 0.717) is 12.1 Å². The molecule has 8 heteroatoms. The molecule has 27 heavy (non-hydrogen) atoms. The van der Waals surface area contributed by atoms with Gasteiger partial charge in [0.1, 0.15) is 5.82 Å². The number of amides is 1. The lowest BCUT2D eigenvalue weighted by Gasteiger charge is -2.09. The van der Waals surface area contributed by atoms with E-state index in [2.05, 4.69) is 25.9 Å². The topological polar surface area (TPSA) is 78.9 Å². The number of nitrogens with one attached hydrogen (secondary N) is 3. The minimum Gasteiger partial charge on any atom is -0.351 e. The van der Waals surface area contributed by atoms with Crippen molar-refractivity contribution in [3.63, 3.8) is 0 Å². The molecule has 1 aromatic carbocycles.